The number of nitrogens with zero attached hydrogens (tertiary/aromatic N) is 2. The molecule has 1 aromatic carbocycles. The zero-order valence-corrected chi connectivity index (χ0v) is 12.4. The fourth-order valence-electron chi connectivity index (χ4n) is 1.46. The highest BCUT2D eigenvalue weighted by Gasteiger charge is 2.07. The average molecular weight is 299 g/mol. The number of hydrogen-bond donors (Lipinski definition) is 0. The van der Waals surface area contributed by atoms with Gasteiger partial charge >= 0.3 is 0 Å². The summed E-state index contributed by atoms with van der Waals surface area (Å²) < 4.78 is 0. The molecular formula is C13H12Cl2N2S. The quantitative estimate of drug-likeness (QED) is 0.792. The van der Waals surface area contributed by atoms with Crippen LogP contribution in [-0.4, -0.2) is 10.2 Å². The monoisotopic (exact) mass is 298 g/mol. The molecule has 0 saturated carbocycles. The molecule has 0 aliphatic heterocycles. The number of aromatic nitrogens is 2. The van der Waals surface area contributed by atoms with Crippen LogP contribution in [0.5, 0.6) is 0 Å². The van der Waals surface area contributed by atoms with Crippen molar-refractivity contribution in [2.24, 2.45) is 0 Å². The molecule has 0 saturated heterocycles. The third kappa shape index (κ3) is 3.37. The molecule has 2 nitrogen and oxygen atoms in total. The van der Waals surface area contributed by atoms with Crippen LogP contribution in [0, 0.1) is 0 Å². The number of halogens is 2. The molecular weight excluding hydrogens is 287 g/mol. The Balaban J connectivity index is 2.21. The SMILES string of the molecule is CC(C)c1ccc(Sc2cc(Cl)nnc2Cl)cc1. The van der Waals surface area contributed by atoms with Crippen LogP contribution in [0.2, 0.25) is 10.3 Å². The van der Waals surface area contributed by atoms with Crippen molar-refractivity contribution in [2.45, 2.75) is 29.6 Å². The van der Waals surface area contributed by atoms with Crippen LogP contribution in [0.25, 0.3) is 0 Å². The Morgan fingerprint density at radius 2 is 1.72 bits per heavy atom. The van der Waals surface area contributed by atoms with Gasteiger partial charge in [0.05, 0.1) is 4.90 Å². The minimum Gasteiger partial charge on any atom is -0.137 e. The maximum Gasteiger partial charge on any atom is 0.165 e. The molecule has 0 aliphatic carbocycles. The Hall–Kier alpha value is -0.770. The lowest BCUT2D eigenvalue weighted by Gasteiger charge is -2.07. The van der Waals surface area contributed by atoms with Crippen molar-refractivity contribution >= 4 is 35.0 Å². The Morgan fingerprint density at radius 1 is 1.06 bits per heavy atom. The van der Waals surface area contributed by atoms with Crippen molar-refractivity contribution in [3.8, 4) is 0 Å². The molecule has 5 heteroatoms. The summed E-state index contributed by atoms with van der Waals surface area (Å²) >= 11 is 13.3. The molecule has 0 amide bonds. The van der Waals surface area contributed by atoms with Gasteiger partial charge in [-0.15, -0.1) is 10.2 Å². The Kier molecular flexibility index (Phi) is 4.49. The fraction of sp³-hybridized carbons (Fsp3) is 0.231. The van der Waals surface area contributed by atoms with Crippen LogP contribution in [0.4, 0.5) is 0 Å². The third-order valence-corrected chi connectivity index (χ3v) is 4.08. The molecule has 94 valence electrons. The Morgan fingerprint density at radius 3 is 2.33 bits per heavy atom. The second-order valence-electron chi connectivity index (χ2n) is 4.15. The summed E-state index contributed by atoms with van der Waals surface area (Å²) in [6, 6.07) is 10.1. The highest BCUT2D eigenvalue weighted by Crippen LogP contribution is 2.33. The first-order valence-corrected chi connectivity index (χ1v) is 7.10. The summed E-state index contributed by atoms with van der Waals surface area (Å²) in [4.78, 5) is 1.92. The molecule has 0 fully saturated rings. The van der Waals surface area contributed by atoms with Crippen molar-refractivity contribution in [2.75, 3.05) is 0 Å². The first-order valence-electron chi connectivity index (χ1n) is 5.53. The molecule has 0 aliphatic rings. The van der Waals surface area contributed by atoms with Crippen LogP contribution in [0.3, 0.4) is 0 Å². The van der Waals surface area contributed by atoms with Gasteiger partial charge in [-0.2, -0.15) is 0 Å². The molecule has 1 aromatic heterocycles. The lowest BCUT2D eigenvalue weighted by molar-refractivity contribution is 0.865. The van der Waals surface area contributed by atoms with Gasteiger partial charge < -0.3 is 0 Å². The van der Waals surface area contributed by atoms with Crippen molar-refractivity contribution in [1.82, 2.24) is 10.2 Å². The van der Waals surface area contributed by atoms with E-state index in [9.17, 15) is 0 Å². The lowest BCUT2D eigenvalue weighted by Crippen LogP contribution is -1.87. The van der Waals surface area contributed by atoms with E-state index in [4.69, 9.17) is 23.2 Å². The van der Waals surface area contributed by atoms with Crippen LogP contribution in [0.15, 0.2) is 40.1 Å². The fourth-order valence-corrected chi connectivity index (χ4v) is 2.70. The summed E-state index contributed by atoms with van der Waals surface area (Å²) in [7, 11) is 0. The summed E-state index contributed by atoms with van der Waals surface area (Å²) in [5.74, 6) is 0.532. The van der Waals surface area contributed by atoms with Gasteiger partial charge in [0.1, 0.15) is 0 Å². The van der Waals surface area contributed by atoms with Gasteiger partial charge in [-0.1, -0.05) is 60.9 Å². The zero-order chi connectivity index (χ0) is 13.1. The summed E-state index contributed by atoms with van der Waals surface area (Å²) in [6.07, 6.45) is 0. The van der Waals surface area contributed by atoms with Crippen molar-refractivity contribution in [1.29, 1.82) is 0 Å². The third-order valence-electron chi connectivity index (χ3n) is 2.46. The molecule has 0 bridgehead atoms. The predicted octanol–water partition coefficient (Wildman–Crippen LogP) is 5.06. The average Bonchev–Trinajstić information content (AvgIpc) is 2.34. The van der Waals surface area contributed by atoms with Crippen LogP contribution < -0.4 is 0 Å². The topological polar surface area (TPSA) is 25.8 Å². The molecule has 0 spiro atoms. The molecule has 18 heavy (non-hydrogen) atoms. The van der Waals surface area contributed by atoms with Crippen LogP contribution in [0.1, 0.15) is 25.3 Å². The van der Waals surface area contributed by atoms with Gasteiger partial charge in [0.25, 0.3) is 0 Å². The molecule has 0 atom stereocenters. The maximum absolute atomic E-state index is 5.97. The molecule has 2 rings (SSSR count). The standard InChI is InChI=1S/C13H12Cl2N2S/c1-8(2)9-3-5-10(6-4-9)18-11-7-12(14)16-17-13(11)15/h3-8H,1-2H3. The summed E-state index contributed by atoms with van der Waals surface area (Å²) in [5, 5.41) is 8.19. The van der Waals surface area contributed by atoms with Crippen LogP contribution >= 0.6 is 35.0 Å². The molecule has 0 radical (unpaired) electrons. The summed E-state index contributed by atoms with van der Waals surface area (Å²) in [5.41, 5.74) is 1.32. The number of rotatable bonds is 3. The highest BCUT2D eigenvalue weighted by molar-refractivity contribution is 7.99. The van der Waals surface area contributed by atoms with Crippen molar-refractivity contribution < 1.29 is 0 Å². The maximum atomic E-state index is 5.97. The lowest BCUT2D eigenvalue weighted by atomic mass is 10.0. The van der Waals surface area contributed by atoms with Gasteiger partial charge in [0, 0.05) is 4.90 Å². The molecule has 1 heterocycles. The van der Waals surface area contributed by atoms with Gasteiger partial charge in [0.15, 0.2) is 10.3 Å². The van der Waals surface area contributed by atoms with E-state index in [0.717, 1.165) is 9.79 Å². The van der Waals surface area contributed by atoms with Gasteiger partial charge in [0.2, 0.25) is 0 Å². The minimum absolute atomic E-state index is 0.348. The first-order chi connectivity index (χ1) is 8.56. The first kappa shape index (κ1) is 13.7. The van der Waals surface area contributed by atoms with E-state index in [2.05, 4.69) is 48.3 Å². The Bertz CT molecular complexity index is 541. The van der Waals surface area contributed by atoms with E-state index < -0.39 is 0 Å². The van der Waals surface area contributed by atoms with E-state index in [1.54, 1.807) is 6.07 Å². The van der Waals surface area contributed by atoms with Crippen LogP contribution in [-0.2, 0) is 0 Å². The number of hydrogen-bond acceptors (Lipinski definition) is 3. The largest absolute Gasteiger partial charge is 0.165 e. The molecule has 2 aromatic rings. The van der Waals surface area contributed by atoms with Gasteiger partial charge in [-0.3, -0.25) is 0 Å². The zero-order valence-electron chi connectivity index (χ0n) is 10.0. The normalized spacial score (nSPS) is 10.9. The van der Waals surface area contributed by atoms with Crippen molar-refractivity contribution in [3.63, 3.8) is 0 Å². The molecule has 0 N–H and O–H groups in total. The van der Waals surface area contributed by atoms with Gasteiger partial charge in [-0.05, 0) is 29.7 Å². The van der Waals surface area contributed by atoms with Crippen molar-refractivity contribution in [3.05, 3.63) is 46.2 Å². The minimum atomic E-state index is 0.348. The van der Waals surface area contributed by atoms with E-state index in [-0.39, 0.29) is 0 Å². The second kappa shape index (κ2) is 5.91. The predicted molar refractivity (Wildman–Crippen MR) is 76.7 cm³/mol. The van der Waals surface area contributed by atoms with E-state index >= 15 is 0 Å². The molecule has 0 unspecified atom stereocenters. The smallest absolute Gasteiger partial charge is 0.137 e. The summed E-state index contributed by atoms with van der Waals surface area (Å²) in [6.45, 7) is 4.34. The van der Waals surface area contributed by atoms with Gasteiger partial charge in [-0.25, -0.2) is 0 Å². The highest BCUT2D eigenvalue weighted by atomic mass is 35.5. The Labute approximate surface area is 121 Å². The van der Waals surface area contributed by atoms with E-state index in [1.807, 2.05) is 0 Å². The second-order valence-corrected chi connectivity index (χ2v) is 6.01. The van der Waals surface area contributed by atoms with E-state index in [0.29, 0.717) is 16.2 Å². The number of benzene rings is 1. The van der Waals surface area contributed by atoms with E-state index in [1.165, 1.54) is 17.3 Å².